The first kappa shape index (κ1) is 32.1. The summed E-state index contributed by atoms with van der Waals surface area (Å²) in [6.07, 6.45) is 9.28. The second-order valence-electron chi connectivity index (χ2n) is 12.2. The zero-order chi connectivity index (χ0) is 32.1. The number of likely N-dealkylation sites (tertiary alicyclic amines) is 1. The summed E-state index contributed by atoms with van der Waals surface area (Å²) in [4.78, 5) is 41.4. The number of hydrogen-bond acceptors (Lipinski definition) is 10. The first-order valence-electron chi connectivity index (χ1n) is 15.8. The van der Waals surface area contributed by atoms with Gasteiger partial charge in [-0.2, -0.15) is 10.1 Å². The number of hydrogen-bond donors (Lipinski definition) is 1. The van der Waals surface area contributed by atoms with Crippen LogP contribution in [-0.2, 0) is 11.3 Å². The van der Waals surface area contributed by atoms with E-state index in [2.05, 4.69) is 62.8 Å². The fourth-order valence-corrected chi connectivity index (χ4v) is 6.06. The Morgan fingerprint density at radius 3 is 2.56 bits per heavy atom. The highest BCUT2D eigenvalue weighted by molar-refractivity contribution is 6.01. The summed E-state index contributed by atoms with van der Waals surface area (Å²) in [6.45, 7) is 16.8. The maximum atomic E-state index is 13.4. The molecule has 0 bridgehead atoms. The summed E-state index contributed by atoms with van der Waals surface area (Å²) in [5.74, 6) is 0.717. The number of piperidine rings is 1. The Bertz CT molecular complexity index is 1620. The van der Waals surface area contributed by atoms with Crippen LogP contribution >= 0.6 is 0 Å². The van der Waals surface area contributed by atoms with Crippen molar-refractivity contribution in [2.75, 3.05) is 63.6 Å². The van der Waals surface area contributed by atoms with Gasteiger partial charge in [0.05, 0.1) is 6.54 Å². The molecule has 5 rings (SSSR count). The highest BCUT2D eigenvalue weighted by Gasteiger charge is 2.27. The molecule has 2 aliphatic rings. The van der Waals surface area contributed by atoms with E-state index >= 15 is 0 Å². The summed E-state index contributed by atoms with van der Waals surface area (Å²) in [6, 6.07) is 7.12. The van der Waals surface area contributed by atoms with Crippen LogP contribution in [0.3, 0.4) is 0 Å². The van der Waals surface area contributed by atoms with Gasteiger partial charge in [-0.15, -0.1) is 6.58 Å². The molecule has 45 heavy (non-hydrogen) atoms. The molecule has 2 aromatic heterocycles. The Balaban J connectivity index is 1.38. The molecule has 2 fully saturated rings. The fourth-order valence-electron chi connectivity index (χ4n) is 6.06. The van der Waals surface area contributed by atoms with E-state index in [1.807, 2.05) is 27.0 Å². The van der Waals surface area contributed by atoms with Crippen LogP contribution in [-0.4, -0.2) is 112 Å². The largest absolute Gasteiger partial charge is 0.369 e. The number of anilines is 3. The summed E-state index contributed by atoms with van der Waals surface area (Å²) in [7, 11) is 4.05. The molecule has 0 saturated carbocycles. The van der Waals surface area contributed by atoms with Gasteiger partial charge in [0.25, 0.3) is 5.56 Å². The first-order chi connectivity index (χ1) is 21.7. The molecular weight excluding hydrogens is 568 g/mol. The third-order valence-corrected chi connectivity index (χ3v) is 8.84. The van der Waals surface area contributed by atoms with Crippen LogP contribution in [0, 0.1) is 6.92 Å². The zero-order valence-electron chi connectivity index (χ0n) is 27.2. The molecule has 1 N–H and O–H groups in total. The Labute approximate surface area is 265 Å². The number of benzene rings is 1. The zero-order valence-corrected chi connectivity index (χ0v) is 27.2. The Hall–Kier alpha value is -4.29. The van der Waals surface area contributed by atoms with Gasteiger partial charge < -0.3 is 15.1 Å². The maximum absolute atomic E-state index is 13.4. The smallest absolute Gasteiger partial charge is 0.278 e. The van der Waals surface area contributed by atoms with E-state index in [1.165, 1.54) is 54.1 Å². The van der Waals surface area contributed by atoms with Gasteiger partial charge in [0.15, 0.2) is 11.5 Å². The average molecular weight is 615 g/mol. The lowest BCUT2D eigenvalue weighted by atomic mass is 10.0. The number of aldehydes is 1. The normalized spacial score (nSPS) is 17.5. The van der Waals surface area contributed by atoms with Crippen molar-refractivity contribution in [3.8, 4) is 0 Å². The second kappa shape index (κ2) is 14.2. The lowest BCUT2D eigenvalue weighted by Crippen LogP contribution is -2.53. The monoisotopic (exact) mass is 614 g/mol. The summed E-state index contributed by atoms with van der Waals surface area (Å²) < 4.78 is 3.11. The van der Waals surface area contributed by atoms with Gasteiger partial charge in [-0.25, -0.2) is 14.3 Å². The lowest BCUT2D eigenvalue weighted by Gasteiger charge is -2.43. The number of hydrazone groups is 1. The maximum Gasteiger partial charge on any atom is 0.278 e. The predicted molar refractivity (Wildman–Crippen MR) is 182 cm³/mol. The SMILES string of the molecule is C=CCn1c(=O)c2cnc(Nc3ccc(N4CCN(C5CCN(C)CC5)CC4)c(C)c3)nc2n1C(/C=C\C=O)=N/N(C)C(C)C. The molecule has 0 amide bonds. The molecule has 12 heteroatoms. The van der Waals surface area contributed by atoms with Crippen molar-refractivity contribution in [2.45, 2.75) is 52.2 Å². The van der Waals surface area contributed by atoms with E-state index in [1.54, 1.807) is 21.8 Å². The van der Waals surface area contributed by atoms with E-state index in [0.717, 1.165) is 31.9 Å². The van der Waals surface area contributed by atoms with Gasteiger partial charge in [-0.3, -0.25) is 19.5 Å². The molecule has 0 atom stereocenters. The molecule has 3 aromatic rings. The Kier molecular flexibility index (Phi) is 10.1. The molecule has 240 valence electrons. The van der Waals surface area contributed by atoms with Gasteiger partial charge in [-0.05, 0) is 89.7 Å². The number of nitrogens with one attached hydrogen (secondary N) is 1. The van der Waals surface area contributed by atoms with Crippen LogP contribution in [0.2, 0.25) is 0 Å². The molecule has 2 saturated heterocycles. The van der Waals surface area contributed by atoms with Crippen LogP contribution < -0.4 is 15.8 Å². The van der Waals surface area contributed by atoms with Crippen LogP contribution in [0.5, 0.6) is 0 Å². The third-order valence-electron chi connectivity index (χ3n) is 8.84. The predicted octanol–water partition coefficient (Wildman–Crippen LogP) is 3.30. The van der Waals surface area contributed by atoms with Gasteiger partial charge in [0, 0.05) is 62.9 Å². The highest BCUT2D eigenvalue weighted by atomic mass is 16.1. The number of allylic oxidation sites excluding steroid dienone is 3. The minimum Gasteiger partial charge on any atom is -0.369 e. The van der Waals surface area contributed by atoms with Crippen molar-refractivity contribution < 1.29 is 4.79 Å². The standard InChI is InChI=1S/C33H46N10O2/c1-7-14-42-32(45)28-23-34-33(36-31(28)43(42)30(9-8-21-44)37-39(6)24(2)3)35-26-10-11-29(25(4)22-26)41-19-17-40(18-20-41)27-12-15-38(5)16-13-27/h7-11,21-24,27H,1,12-20H2,2-6H3,(H,34,35,36)/b9-8-,37-30+. The minimum absolute atomic E-state index is 0.0900. The van der Waals surface area contributed by atoms with Crippen LogP contribution in [0.4, 0.5) is 17.3 Å². The van der Waals surface area contributed by atoms with Crippen LogP contribution in [0.15, 0.2) is 59.1 Å². The molecule has 1 aromatic carbocycles. The number of nitrogens with zero attached hydrogens (tertiary/aromatic N) is 9. The Morgan fingerprint density at radius 2 is 1.91 bits per heavy atom. The minimum atomic E-state index is -0.271. The Morgan fingerprint density at radius 1 is 1.18 bits per heavy atom. The molecule has 12 nitrogen and oxygen atoms in total. The number of aromatic nitrogens is 4. The number of rotatable bonds is 10. The van der Waals surface area contributed by atoms with Gasteiger partial charge in [0.1, 0.15) is 11.7 Å². The van der Waals surface area contributed by atoms with E-state index in [9.17, 15) is 9.59 Å². The molecule has 0 radical (unpaired) electrons. The van der Waals surface area contributed by atoms with Crippen molar-refractivity contribution >= 4 is 40.5 Å². The highest BCUT2D eigenvalue weighted by Crippen LogP contribution is 2.27. The topological polar surface area (TPSA) is 107 Å². The first-order valence-corrected chi connectivity index (χ1v) is 15.8. The molecule has 0 aliphatic carbocycles. The number of aryl methyl sites for hydroxylation is 1. The molecule has 0 spiro atoms. The molecule has 2 aliphatic heterocycles. The number of carbonyl (C=O) groups is 1. The summed E-state index contributed by atoms with van der Waals surface area (Å²) in [5.41, 5.74) is 3.38. The van der Waals surface area contributed by atoms with Crippen molar-refractivity contribution in [2.24, 2.45) is 5.10 Å². The number of fused-ring (bicyclic) bond motifs is 1. The second-order valence-corrected chi connectivity index (χ2v) is 12.2. The summed E-state index contributed by atoms with van der Waals surface area (Å²) >= 11 is 0. The van der Waals surface area contributed by atoms with Gasteiger partial charge >= 0.3 is 0 Å². The number of piperazine rings is 1. The van der Waals surface area contributed by atoms with Crippen molar-refractivity contribution in [1.82, 2.24) is 34.1 Å². The lowest BCUT2D eigenvalue weighted by molar-refractivity contribution is -0.104. The third kappa shape index (κ3) is 7.18. The van der Waals surface area contributed by atoms with Crippen LogP contribution in [0.1, 0.15) is 32.3 Å². The molecular formula is C33H46N10O2. The van der Waals surface area contributed by atoms with Crippen LogP contribution in [0.25, 0.3) is 11.0 Å². The number of carbonyl (C=O) groups excluding carboxylic acids is 1. The van der Waals surface area contributed by atoms with Gasteiger partial charge in [0.2, 0.25) is 5.95 Å². The van der Waals surface area contributed by atoms with Crippen molar-refractivity contribution in [1.29, 1.82) is 0 Å². The quantitative estimate of drug-likeness (QED) is 0.0920. The van der Waals surface area contributed by atoms with E-state index < -0.39 is 0 Å². The molecule has 0 unspecified atom stereocenters. The average Bonchev–Trinajstić information content (AvgIpc) is 3.30. The van der Waals surface area contributed by atoms with Gasteiger partial charge in [-0.1, -0.05) is 6.08 Å². The molecule has 4 heterocycles. The van der Waals surface area contributed by atoms with E-state index in [0.29, 0.717) is 35.1 Å². The van der Waals surface area contributed by atoms with Crippen molar-refractivity contribution in [3.63, 3.8) is 0 Å². The summed E-state index contributed by atoms with van der Waals surface area (Å²) in [5, 5.41) is 10.1. The van der Waals surface area contributed by atoms with E-state index in [-0.39, 0.29) is 18.1 Å². The van der Waals surface area contributed by atoms with E-state index in [4.69, 9.17) is 4.98 Å². The van der Waals surface area contributed by atoms with Crippen molar-refractivity contribution in [3.05, 3.63) is 65.1 Å². The fraction of sp³-hybridized carbons (Fsp3) is 0.485.